The molecule has 1 aliphatic carbocycles. The molecule has 1 amide bonds. The van der Waals surface area contributed by atoms with Gasteiger partial charge in [-0.05, 0) is 38.2 Å². The molecule has 0 spiro atoms. The van der Waals surface area contributed by atoms with Gasteiger partial charge in [0.2, 0.25) is 5.91 Å². The molecule has 0 atom stereocenters. The zero-order valence-electron chi connectivity index (χ0n) is 13.1. The number of amides is 1. The molecule has 0 saturated carbocycles. The molecular weight excluding hydrogens is 318 g/mol. The Labute approximate surface area is 138 Å². The van der Waals surface area contributed by atoms with Gasteiger partial charge in [-0.3, -0.25) is 4.79 Å². The van der Waals surface area contributed by atoms with Gasteiger partial charge in [0.1, 0.15) is 5.00 Å². The lowest BCUT2D eigenvalue weighted by Gasteiger charge is -2.11. The van der Waals surface area contributed by atoms with Gasteiger partial charge in [0.15, 0.2) is 0 Å². The van der Waals surface area contributed by atoms with Crippen LogP contribution < -0.4 is 5.32 Å². The second-order valence-electron chi connectivity index (χ2n) is 4.98. The maximum atomic E-state index is 12.0. The summed E-state index contributed by atoms with van der Waals surface area (Å²) in [5.74, 6) is -1.52. The van der Waals surface area contributed by atoms with Crippen molar-refractivity contribution in [3.63, 3.8) is 0 Å². The molecule has 7 heteroatoms. The van der Waals surface area contributed by atoms with Crippen LogP contribution in [0.4, 0.5) is 5.00 Å². The van der Waals surface area contributed by atoms with Crippen molar-refractivity contribution in [3.05, 3.63) is 28.2 Å². The van der Waals surface area contributed by atoms with Crippen molar-refractivity contribution in [1.82, 2.24) is 0 Å². The van der Waals surface area contributed by atoms with Crippen LogP contribution in [0.5, 0.6) is 0 Å². The summed E-state index contributed by atoms with van der Waals surface area (Å²) in [5.41, 5.74) is 1.41. The predicted molar refractivity (Wildman–Crippen MR) is 86.7 cm³/mol. The van der Waals surface area contributed by atoms with Gasteiger partial charge in [-0.25, -0.2) is 9.59 Å². The number of thiophene rings is 1. The summed E-state index contributed by atoms with van der Waals surface area (Å²) in [6, 6.07) is 0. The highest BCUT2D eigenvalue weighted by atomic mass is 32.1. The monoisotopic (exact) mass is 337 g/mol. The number of nitrogens with one attached hydrogen (secondary N) is 1. The van der Waals surface area contributed by atoms with Crippen LogP contribution in [0.3, 0.4) is 0 Å². The van der Waals surface area contributed by atoms with Crippen LogP contribution in [-0.2, 0) is 31.9 Å². The summed E-state index contributed by atoms with van der Waals surface area (Å²) in [7, 11) is 1.32. The fourth-order valence-corrected chi connectivity index (χ4v) is 3.74. The maximum Gasteiger partial charge on any atom is 0.341 e. The van der Waals surface area contributed by atoms with Crippen LogP contribution in [0, 0.1) is 0 Å². The predicted octanol–water partition coefficient (Wildman–Crippen LogP) is 2.47. The highest BCUT2D eigenvalue weighted by Crippen LogP contribution is 2.38. The summed E-state index contributed by atoms with van der Waals surface area (Å²) in [5, 5.41) is 3.14. The van der Waals surface area contributed by atoms with Crippen LogP contribution in [0.1, 0.15) is 40.6 Å². The lowest BCUT2D eigenvalue weighted by Crippen LogP contribution is -2.13. The van der Waals surface area contributed by atoms with Crippen LogP contribution in [0.15, 0.2) is 12.2 Å². The van der Waals surface area contributed by atoms with Gasteiger partial charge < -0.3 is 14.8 Å². The topological polar surface area (TPSA) is 81.7 Å². The van der Waals surface area contributed by atoms with E-state index in [1.54, 1.807) is 6.92 Å². The van der Waals surface area contributed by atoms with E-state index >= 15 is 0 Å². The number of anilines is 1. The number of aryl methyl sites for hydroxylation is 1. The normalized spacial score (nSPS) is 13.5. The number of carbonyl (C=O) groups is 3. The number of carbonyl (C=O) groups excluding carboxylic acids is 3. The second kappa shape index (κ2) is 7.92. The van der Waals surface area contributed by atoms with Gasteiger partial charge in [0, 0.05) is 17.0 Å². The molecule has 1 aliphatic rings. The number of methoxy groups -OCH3 is 1. The molecule has 0 bridgehead atoms. The molecule has 0 saturated heterocycles. The van der Waals surface area contributed by atoms with E-state index in [9.17, 15) is 14.4 Å². The third-order valence-corrected chi connectivity index (χ3v) is 4.66. The zero-order valence-corrected chi connectivity index (χ0v) is 14.0. The summed E-state index contributed by atoms with van der Waals surface area (Å²) >= 11 is 1.40. The van der Waals surface area contributed by atoms with Gasteiger partial charge in [0.05, 0.1) is 19.3 Å². The van der Waals surface area contributed by atoms with E-state index in [0.717, 1.165) is 48.3 Å². The van der Waals surface area contributed by atoms with Crippen LogP contribution in [0.25, 0.3) is 0 Å². The lowest BCUT2D eigenvalue weighted by molar-refractivity contribution is -0.137. The van der Waals surface area contributed by atoms with Crippen molar-refractivity contribution in [2.45, 2.75) is 32.6 Å². The molecule has 0 unspecified atom stereocenters. The van der Waals surface area contributed by atoms with Crippen LogP contribution in [-0.4, -0.2) is 31.6 Å². The minimum Gasteiger partial charge on any atom is -0.465 e. The second-order valence-corrected chi connectivity index (χ2v) is 6.09. The van der Waals surface area contributed by atoms with Gasteiger partial charge in [0.25, 0.3) is 0 Å². The van der Waals surface area contributed by atoms with Crippen molar-refractivity contribution in [2.24, 2.45) is 0 Å². The molecule has 0 aromatic carbocycles. The molecular formula is C16H19NO5S. The zero-order chi connectivity index (χ0) is 16.8. The number of esters is 2. The Morgan fingerprint density at radius 2 is 1.96 bits per heavy atom. The molecule has 1 aromatic rings. The van der Waals surface area contributed by atoms with E-state index in [4.69, 9.17) is 9.47 Å². The highest BCUT2D eigenvalue weighted by molar-refractivity contribution is 7.17. The van der Waals surface area contributed by atoms with Gasteiger partial charge in [-0.2, -0.15) is 0 Å². The maximum absolute atomic E-state index is 12.0. The Morgan fingerprint density at radius 3 is 2.65 bits per heavy atom. The Balaban J connectivity index is 2.19. The SMILES string of the molecule is CCOC(=O)C=CC(=O)Nc1sc2c(c1C(=O)OC)CCCC2. The van der Waals surface area contributed by atoms with Crippen LogP contribution >= 0.6 is 11.3 Å². The van der Waals surface area contributed by atoms with Gasteiger partial charge in [-0.1, -0.05) is 0 Å². The standard InChI is InChI=1S/C16H19NO5S/c1-3-22-13(19)9-8-12(18)17-15-14(16(20)21-2)10-6-4-5-7-11(10)23-15/h8-9H,3-7H2,1-2H3,(H,17,18). The van der Waals surface area contributed by atoms with Crippen molar-refractivity contribution in [1.29, 1.82) is 0 Å². The van der Waals surface area contributed by atoms with E-state index < -0.39 is 17.8 Å². The highest BCUT2D eigenvalue weighted by Gasteiger charge is 2.26. The molecule has 0 radical (unpaired) electrons. The third-order valence-electron chi connectivity index (χ3n) is 3.45. The molecule has 1 heterocycles. The number of hydrogen-bond donors (Lipinski definition) is 1. The fourth-order valence-electron chi connectivity index (χ4n) is 2.46. The molecule has 2 rings (SSSR count). The van der Waals surface area contributed by atoms with Crippen molar-refractivity contribution in [2.75, 3.05) is 19.0 Å². The van der Waals surface area contributed by atoms with E-state index in [0.29, 0.717) is 10.6 Å². The fraction of sp³-hybridized carbons (Fsp3) is 0.438. The van der Waals surface area contributed by atoms with E-state index in [-0.39, 0.29) is 6.61 Å². The number of hydrogen-bond acceptors (Lipinski definition) is 6. The third kappa shape index (κ3) is 4.19. The molecule has 124 valence electrons. The lowest BCUT2D eigenvalue weighted by atomic mass is 9.95. The van der Waals surface area contributed by atoms with E-state index in [2.05, 4.69) is 5.32 Å². The minimum atomic E-state index is -0.582. The molecule has 6 nitrogen and oxygen atoms in total. The molecule has 1 N–H and O–H groups in total. The van der Waals surface area contributed by atoms with Crippen molar-refractivity contribution in [3.8, 4) is 0 Å². The molecule has 0 fully saturated rings. The first-order valence-corrected chi connectivity index (χ1v) is 8.27. The Kier molecular flexibility index (Phi) is 5.92. The Hall–Kier alpha value is -2.15. The largest absolute Gasteiger partial charge is 0.465 e. The van der Waals surface area contributed by atoms with Crippen molar-refractivity contribution < 1.29 is 23.9 Å². The van der Waals surface area contributed by atoms with E-state index in [1.807, 2.05) is 0 Å². The first kappa shape index (κ1) is 17.2. The number of ether oxygens (including phenoxy) is 2. The number of rotatable bonds is 5. The summed E-state index contributed by atoms with van der Waals surface area (Å²) < 4.78 is 9.55. The Bertz CT molecular complexity index is 647. The number of fused-ring (bicyclic) bond motifs is 1. The summed E-state index contributed by atoms with van der Waals surface area (Å²) in [4.78, 5) is 36.3. The van der Waals surface area contributed by atoms with Gasteiger partial charge >= 0.3 is 11.9 Å². The molecule has 23 heavy (non-hydrogen) atoms. The van der Waals surface area contributed by atoms with Crippen LogP contribution in [0.2, 0.25) is 0 Å². The van der Waals surface area contributed by atoms with E-state index in [1.165, 1.54) is 18.4 Å². The quantitative estimate of drug-likeness (QED) is 0.659. The summed E-state index contributed by atoms with van der Waals surface area (Å²) in [6.45, 7) is 1.93. The average molecular weight is 337 g/mol. The smallest absolute Gasteiger partial charge is 0.341 e. The first-order chi connectivity index (χ1) is 11.1. The first-order valence-electron chi connectivity index (χ1n) is 7.45. The van der Waals surface area contributed by atoms with Crippen molar-refractivity contribution >= 4 is 34.2 Å². The Morgan fingerprint density at radius 1 is 1.22 bits per heavy atom. The molecule has 1 aromatic heterocycles. The summed E-state index contributed by atoms with van der Waals surface area (Å²) in [6.07, 6.45) is 5.96. The molecule has 0 aliphatic heterocycles. The minimum absolute atomic E-state index is 0.245. The average Bonchev–Trinajstić information content (AvgIpc) is 2.90. The van der Waals surface area contributed by atoms with Gasteiger partial charge in [-0.15, -0.1) is 11.3 Å².